The van der Waals surface area contributed by atoms with Crippen LogP contribution in [0.25, 0.3) is 32.9 Å². The largest absolute Gasteiger partial charge is 0.463 e. The Morgan fingerprint density at radius 2 is 1.60 bits per heavy atom. The average Bonchev–Trinajstić information content (AvgIpc) is 2.91. The van der Waals surface area contributed by atoms with Crippen molar-refractivity contribution < 1.29 is 4.42 Å². The first kappa shape index (κ1) is 11.1. The molecule has 1 aromatic heterocycles. The Morgan fingerprint density at radius 3 is 2.55 bits per heavy atom. The molecule has 0 saturated carbocycles. The molecule has 0 fully saturated rings. The number of rotatable bonds is 1. The quantitative estimate of drug-likeness (QED) is 0.497. The minimum Gasteiger partial charge on any atom is -0.463 e. The maximum Gasteiger partial charge on any atom is 0.141 e. The summed E-state index contributed by atoms with van der Waals surface area (Å²) in [7, 11) is 0. The highest BCUT2D eigenvalue weighted by atomic mass is 16.3. The zero-order valence-electron chi connectivity index (χ0n) is 10.8. The first-order valence-electron chi connectivity index (χ1n) is 6.58. The van der Waals surface area contributed by atoms with Crippen molar-refractivity contribution in [2.45, 2.75) is 0 Å². The Labute approximate surface area is 116 Å². The van der Waals surface area contributed by atoms with Gasteiger partial charge in [-0.3, -0.25) is 0 Å². The molecule has 0 saturated heterocycles. The van der Waals surface area contributed by atoms with Crippen LogP contribution in [0, 0.1) is 0 Å². The first-order chi connectivity index (χ1) is 9.83. The highest BCUT2D eigenvalue weighted by Crippen LogP contribution is 2.33. The van der Waals surface area contributed by atoms with Gasteiger partial charge in [0.15, 0.2) is 0 Å². The summed E-state index contributed by atoms with van der Waals surface area (Å²) >= 11 is 0. The van der Waals surface area contributed by atoms with Crippen LogP contribution >= 0.6 is 0 Å². The lowest BCUT2D eigenvalue weighted by Gasteiger charge is -2.04. The van der Waals surface area contributed by atoms with E-state index in [-0.39, 0.29) is 0 Å². The smallest absolute Gasteiger partial charge is 0.141 e. The number of fused-ring (bicyclic) bond motifs is 2. The van der Waals surface area contributed by atoms with Gasteiger partial charge in [-0.2, -0.15) is 0 Å². The molecule has 0 aliphatic rings. The minimum atomic E-state index is 0.804. The Morgan fingerprint density at radius 1 is 0.750 bits per heavy atom. The number of furan rings is 1. The van der Waals surface area contributed by atoms with Crippen LogP contribution < -0.4 is 5.73 Å². The van der Waals surface area contributed by atoms with Gasteiger partial charge in [-0.1, -0.05) is 48.5 Å². The molecule has 1 heterocycles. The number of anilines is 1. The monoisotopic (exact) mass is 259 g/mol. The summed E-state index contributed by atoms with van der Waals surface area (Å²) in [4.78, 5) is 0. The summed E-state index contributed by atoms with van der Waals surface area (Å²) in [6, 6.07) is 20.4. The van der Waals surface area contributed by atoms with E-state index in [9.17, 15) is 0 Å². The summed E-state index contributed by atoms with van der Waals surface area (Å²) in [5.74, 6) is 0.907. The summed E-state index contributed by atoms with van der Waals surface area (Å²) < 4.78 is 5.75. The van der Waals surface area contributed by atoms with E-state index in [1.54, 1.807) is 6.26 Å². The molecule has 0 amide bonds. The lowest BCUT2D eigenvalue weighted by atomic mass is 10.0. The Hall–Kier alpha value is -2.74. The van der Waals surface area contributed by atoms with Crippen molar-refractivity contribution in [1.29, 1.82) is 0 Å². The standard InChI is InChI=1S/C18H13NO/c19-17-7-3-5-12-10-13(8-9-15(12)17)18-16-6-2-1-4-14(16)11-20-18/h1-11H,19H2. The van der Waals surface area contributed by atoms with Crippen LogP contribution in [0.4, 0.5) is 5.69 Å². The normalized spacial score (nSPS) is 11.2. The molecule has 96 valence electrons. The van der Waals surface area contributed by atoms with Crippen molar-refractivity contribution in [2.24, 2.45) is 0 Å². The second-order valence-electron chi connectivity index (χ2n) is 4.94. The van der Waals surface area contributed by atoms with Crippen molar-refractivity contribution in [3.05, 3.63) is 66.9 Å². The van der Waals surface area contributed by atoms with Gasteiger partial charge < -0.3 is 10.2 Å². The predicted octanol–water partition coefficient (Wildman–Crippen LogP) is 4.84. The maximum atomic E-state index is 5.99. The topological polar surface area (TPSA) is 39.2 Å². The van der Waals surface area contributed by atoms with Crippen LogP contribution in [0.2, 0.25) is 0 Å². The highest BCUT2D eigenvalue weighted by Gasteiger charge is 2.09. The van der Waals surface area contributed by atoms with E-state index in [1.165, 1.54) is 0 Å². The fourth-order valence-corrected chi connectivity index (χ4v) is 2.67. The molecule has 4 rings (SSSR count). The Bertz CT molecular complexity index is 921. The third kappa shape index (κ3) is 1.58. The lowest BCUT2D eigenvalue weighted by Crippen LogP contribution is -1.86. The minimum absolute atomic E-state index is 0.804. The van der Waals surface area contributed by atoms with Crippen LogP contribution in [0.15, 0.2) is 71.3 Å². The second kappa shape index (κ2) is 4.14. The van der Waals surface area contributed by atoms with Gasteiger partial charge in [0.1, 0.15) is 5.76 Å². The first-order valence-corrected chi connectivity index (χ1v) is 6.58. The molecule has 4 aromatic rings. The molecular formula is C18H13NO. The van der Waals surface area contributed by atoms with Gasteiger partial charge in [-0.05, 0) is 17.5 Å². The molecule has 2 nitrogen and oxygen atoms in total. The van der Waals surface area contributed by atoms with E-state index in [0.717, 1.165) is 38.6 Å². The molecule has 0 aliphatic heterocycles. The van der Waals surface area contributed by atoms with Gasteiger partial charge in [0.25, 0.3) is 0 Å². The van der Waals surface area contributed by atoms with Crippen LogP contribution in [-0.4, -0.2) is 0 Å². The van der Waals surface area contributed by atoms with Crippen molar-refractivity contribution in [3.8, 4) is 11.3 Å². The number of hydrogen-bond donors (Lipinski definition) is 1. The summed E-state index contributed by atoms with van der Waals surface area (Å²) in [6.07, 6.45) is 1.80. The average molecular weight is 259 g/mol. The van der Waals surface area contributed by atoms with Crippen molar-refractivity contribution >= 4 is 27.2 Å². The van der Waals surface area contributed by atoms with Crippen LogP contribution in [-0.2, 0) is 0 Å². The molecule has 0 aliphatic carbocycles. The van der Waals surface area contributed by atoms with Crippen LogP contribution in [0.1, 0.15) is 0 Å². The van der Waals surface area contributed by atoms with Gasteiger partial charge >= 0.3 is 0 Å². The van der Waals surface area contributed by atoms with Gasteiger partial charge in [0, 0.05) is 27.4 Å². The number of nitrogen functional groups attached to an aromatic ring is 1. The van der Waals surface area contributed by atoms with E-state index in [1.807, 2.05) is 24.3 Å². The van der Waals surface area contributed by atoms with Crippen molar-refractivity contribution in [2.75, 3.05) is 5.73 Å². The Balaban J connectivity index is 1.98. The van der Waals surface area contributed by atoms with E-state index in [0.29, 0.717) is 0 Å². The molecule has 2 N–H and O–H groups in total. The second-order valence-corrected chi connectivity index (χ2v) is 4.94. The highest BCUT2D eigenvalue weighted by molar-refractivity contribution is 5.99. The van der Waals surface area contributed by atoms with E-state index >= 15 is 0 Å². The third-order valence-electron chi connectivity index (χ3n) is 3.69. The number of benzene rings is 3. The summed E-state index contributed by atoms with van der Waals surface area (Å²) in [6.45, 7) is 0. The fraction of sp³-hybridized carbons (Fsp3) is 0. The van der Waals surface area contributed by atoms with Crippen LogP contribution in [0.3, 0.4) is 0 Å². The summed E-state index contributed by atoms with van der Waals surface area (Å²) in [5, 5.41) is 4.46. The molecular weight excluding hydrogens is 246 g/mol. The number of hydrogen-bond acceptors (Lipinski definition) is 2. The zero-order valence-corrected chi connectivity index (χ0v) is 10.8. The van der Waals surface area contributed by atoms with Crippen molar-refractivity contribution in [1.82, 2.24) is 0 Å². The molecule has 20 heavy (non-hydrogen) atoms. The number of nitrogens with two attached hydrogens (primary N) is 1. The maximum absolute atomic E-state index is 5.99. The fourth-order valence-electron chi connectivity index (χ4n) is 2.67. The molecule has 0 atom stereocenters. The van der Waals surface area contributed by atoms with E-state index < -0.39 is 0 Å². The van der Waals surface area contributed by atoms with Crippen molar-refractivity contribution in [3.63, 3.8) is 0 Å². The molecule has 0 unspecified atom stereocenters. The molecule has 0 radical (unpaired) electrons. The van der Waals surface area contributed by atoms with Gasteiger partial charge in [0.2, 0.25) is 0 Å². The van der Waals surface area contributed by atoms with Gasteiger partial charge in [-0.25, -0.2) is 0 Å². The molecule has 2 heteroatoms. The molecule has 0 spiro atoms. The zero-order chi connectivity index (χ0) is 13.5. The molecule has 0 bridgehead atoms. The van der Waals surface area contributed by atoms with E-state index in [2.05, 4.69) is 36.4 Å². The third-order valence-corrected chi connectivity index (χ3v) is 3.69. The Kier molecular flexibility index (Phi) is 2.30. The van der Waals surface area contributed by atoms with Gasteiger partial charge in [0.05, 0.1) is 6.26 Å². The molecule has 3 aromatic carbocycles. The SMILES string of the molecule is Nc1cccc2cc(-c3occ4ccccc34)ccc12. The summed E-state index contributed by atoms with van der Waals surface area (Å²) in [5.41, 5.74) is 7.87. The van der Waals surface area contributed by atoms with Crippen LogP contribution in [0.5, 0.6) is 0 Å². The predicted molar refractivity (Wildman–Crippen MR) is 83.6 cm³/mol. The van der Waals surface area contributed by atoms with E-state index in [4.69, 9.17) is 10.2 Å². The lowest BCUT2D eigenvalue weighted by molar-refractivity contribution is 0.587. The van der Waals surface area contributed by atoms with Gasteiger partial charge in [-0.15, -0.1) is 0 Å².